The van der Waals surface area contributed by atoms with E-state index in [1.807, 2.05) is 0 Å². The Hall–Kier alpha value is -1.27. The maximum atomic E-state index is 10.3. The quantitative estimate of drug-likeness (QED) is 0.656. The number of nitrogens with one attached hydrogen (secondary N) is 1. The summed E-state index contributed by atoms with van der Waals surface area (Å²) in [6.45, 7) is 0. The van der Waals surface area contributed by atoms with Crippen LogP contribution in [0.4, 0.5) is 0 Å². The van der Waals surface area contributed by atoms with Crippen molar-refractivity contribution < 1.29 is 28.5 Å². The molecule has 1 aromatic carbocycles. The largest absolute Gasteiger partial charge is 0.360 e. The van der Waals surface area contributed by atoms with Gasteiger partial charge in [-0.25, -0.2) is 0 Å². The molecule has 5 nitrogen and oxygen atoms in total. The zero-order chi connectivity index (χ0) is 10.2. The van der Waals surface area contributed by atoms with Crippen molar-refractivity contribution in [1.82, 2.24) is 4.98 Å². The second-order valence-electron chi connectivity index (χ2n) is 2.68. The molecule has 0 saturated carbocycles. The summed E-state index contributed by atoms with van der Waals surface area (Å²) in [5.74, 6) is -0.0807. The molecule has 74 valence electrons. The lowest BCUT2D eigenvalue weighted by Crippen LogP contribution is -2.63. The summed E-state index contributed by atoms with van der Waals surface area (Å²) in [7, 11) is -4.44. The number of hydrogen-bond acceptors (Lipinski definition) is 4. The molecule has 0 unspecified atom stereocenters. The highest BCUT2D eigenvalue weighted by atomic mass is 35.7. The maximum Gasteiger partial charge on any atom is 0.360 e. The Balaban J connectivity index is 2.36. The highest BCUT2D eigenvalue weighted by Gasteiger charge is 2.20. The lowest BCUT2D eigenvalue weighted by Gasteiger charge is -2.10. The van der Waals surface area contributed by atoms with Gasteiger partial charge in [0.2, 0.25) is 0 Å². The predicted octanol–water partition coefficient (Wildman–Crippen LogP) is -1.56. The molecule has 1 N–H and O–H groups in total. The summed E-state index contributed by atoms with van der Waals surface area (Å²) in [6, 6.07) is 8.54. The van der Waals surface area contributed by atoms with Crippen LogP contribution in [0.15, 0.2) is 30.3 Å². The van der Waals surface area contributed by atoms with Gasteiger partial charge in [-0.1, -0.05) is 18.2 Å². The summed E-state index contributed by atoms with van der Waals surface area (Å²) in [6.07, 6.45) is 0. The van der Waals surface area contributed by atoms with Crippen LogP contribution in [0.5, 0.6) is 5.88 Å². The Morgan fingerprint density at radius 2 is 1.86 bits per heavy atom. The van der Waals surface area contributed by atoms with Crippen molar-refractivity contribution in [3.05, 3.63) is 30.3 Å². The molecule has 0 radical (unpaired) electrons. The van der Waals surface area contributed by atoms with Crippen LogP contribution in [0.1, 0.15) is 0 Å². The summed E-state index contributed by atoms with van der Waals surface area (Å²) in [4.78, 5) is 2.64. The third-order valence-electron chi connectivity index (χ3n) is 1.68. The topological polar surface area (TPSA) is 94.2 Å². The standard InChI is InChI=1S/C8H6ClNO4/c11-9(12,13)14-8-5-6-3-1-2-4-7(6)10-8/h1-5,10H. The number of halogens is 1. The average Bonchev–Trinajstić information content (AvgIpc) is 2.42. The monoisotopic (exact) mass is 215 g/mol. The number of H-pyrrole nitrogens is 1. The Labute approximate surface area is 81.3 Å². The Kier molecular flexibility index (Phi) is 2.09. The zero-order valence-corrected chi connectivity index (χ0v) is 7.65. The van der Waals surface area contributed by atoms with Gasteiger partial charge in [-0.3, -0.25) is 0 Å². The van der Waals surface area contributed by atoms with E-state index in [4.69, 9.17) is 0 Å². The van der Waals surface area contributed by atoms with E-state index < -0.39 is 10.2 Å². The smallest absolute Gasteiger partial charge is 0.312 e. The fraction of sp³-hybridized carbons (Fsp3) is 0. The van der Waals surface area contributed by atoms with Crippen molar-refractivity contribution >= 4 is 10.9 Å². The Bertz CT molecular complexity index is 415. The first-order valence-corrected chi connectivity index (χ1v) is 4.96. The van der Waals surface area contributed by atoms with Gasteiger partial charge in [-0.2, -0.15) is 14.0 Å². The molecule has 1 heterocycles. The van der Waals surface area contributed by atoms with Crippen LogP contribution >= 0.6 is 0 Å². The molecule has 0 aliphatic rings. The molecule has 2 aromatic rings. The lowest BCUT2D eigenvalue weighted by molar-refractivity contribution is -1.91. The molecule has 0 aliphatic carbocycles. The molecule has 14 heavy (non-hydrogen) atoms. The van der Waals surface area contributed by atoms with Gasteiger partial charge in [0.05, 0.1) is 0 Å². The predicted molar refractivity (Wildman–Crippen MR) is 38.9 cm³/mol. The third-order valence-corrected chi connectivity index (χ3v) is 2.04. The molecular weight excluding hydrogens is 210 g/mol. The van der Waals surface area contributed by atoms with E-state index in [1.54, 1.807) is 24.3 Å². The molecule has 0 saturated heterocycles. The van der Waals surface area contributed by atoms with E-state index in [2.05, 4.69) is 9.27 Å². The number of para-hydroxylation sites is 1. The minimum Gasteiger partial charge on any atom is -0.312 e. The molecule has 6 heteroatoms. The van der Waals surface area contributed by atoms with Gasteiger partial charge < -0.3 is 4.98 Å². The third kappa shape index (κ3) is 1.97. The molecule has 0 spiro atoms. The fourth-order valence-corrected chi connectivity index (χ4v) is 1.48. The van der Waals surface area contributed by atoms with Crippen molar-refractivity contribution in [2.75, 3.05) is 0 Å². The van der Waals surface area contributed by atoms with Crippen LogP contribution in [0.25, 0.3) is 10.9 Å². The van der Waals surface area contributed by atoms with E-state index in [-0.39, 0.29) is 5.88 Å². The van der Waals surface area contributed by atoms with Crippen molar-refractivity contribution in [2.45, 2.75) is 0 Å². The van der Waals surface area contributed by atoms with E-state index in [1.165, 1.54) is 6.07 Å². The van der Waals surface area contributed by atoms with Crippen molar-refractivity contribution in [1.29, 1.82) is 0 Å². The van der Waals surface area contributed by atoms with Gasteiger partial charge in [0.25, 0.3) is 0 Å². The number of aromatic amines is 1. The minimum absolute atomic E-state index is 0.0807. The molecule has 0 bridgehead atoms. The molecule has 2 rings (SSSR count). The number of benzene rings is 1. The van der Waals surface area contributed by atoms with Gasteiger partial charge >= 0.3 is 5.88 Å². The summed E-state index contributed by atoms with van der Waals surface area (Å²) >= 11 is 0. The highest BCUT2D eigenvalue weighted by molar-refractivity contribution is 5.81. The number of fused-ring (bicyclic) bond motifs is 1. The van der Waals surface area contributed by atoms with Crippen molar-refractivity contribution in [3.8, 4) is 5.88 Å². The Morgan fingerprint density at radius 3 is 2.50 bits per heavy atom. The molecule has 1 aromatic heterocycles. The average molecular weight is 216 g/mol. The molecule has 0 amide bonds. The summed E-state index contributed by atoms with van der Waals surface area (Å²) in [5.41, 5.74) is 0.710. The fourth-order valence-electron chi connectivity index (χ4n) is 1.19. The van der Waals surface area contributed by atoms with Crippen LogP contribution in [-0.2, 0) is 0 Å². The normalized spacial score (nSPS) is 11.9. The van der Waals surface area contributed by atoms with Gasteiger partial charge in [0, 0.05) is 17.0 Å². The summed E-state index contributed by atoms with van der Waals surface area (Å²) < 4.78 is 34.9. The minimum atomic E-state index is -4.44. The van der Waals surface area contributed by atoms with Gasteiger partial charge in [0.1, 0.15) is 10.2 Å². The van der Waals surface area contributed by atoms with E-state index in [0.717, 1.165) is 5.39 Å². The maximum absolute atomic E-state index is 10.3. The van der Waals surface area contributed by atoms with E-state index >= 15 is 0 Å². The zero-order valence-electron chi connectivity index (χ0n) is 6.90. The van der Waals surface area contributed by atoms with Crippen molar-refractivity contribution in [3.63, 3.8) is 0 Å². The second-order valence-corrected chi connectivity index (χ2v) is 3.59. The van der Waals surface area contributed by atoms with Crippen LogP contribution in [-0.4, -0.2) is 4.98 Å². The first-order valence-electron chi connectivity index (χ1n) is 3.73. The molecule has 0 fully saturated rings. The lowest BCUT2D eigenvalue weighted by atomic mass is 10.3. The first-order chi connectivity index (χ1) is 6.54. The van der Waals surface area contributed by atoms with Crippen LogP contribution in [0.2, 0.25) is 0 Å². The van der Waals surface area contributed by atoms with Gasteiger partial charge in [-0.05, 0) is 10.4 Å². The molecule has 0 atom stereocenters. The van der Waals surface area contributed by atoms with Gasteiger partial charge in [0.15, 0.2) is 0 Å². The van der Waals surface area contributed by atoms with Gasteiger partial charge in [-0.15, -0.1) is 0 Å². The van der Waals surface area contributed by atoms with E-state index in [0.29, 0.717) is 5.52 Å². The SMILES string of the molecule is [O-][Cl+3]([O-])([O-])Oc1cc2ccccc2[nH]1. The van der Waals surface area contributed by atoms with Crippen LogP contribution in [0.3, 0.4) is 0 Å². The number of hydrogen-bond donors (Lipinski definition) is 1. The highest BCUT2D eigenvalue weighted by Crippen LogP contribution is 2.20. The first kappa shape index (κ1) is 9.29. The number of rotatable bonds is 2. The molecule has 0 aliphatic heterocycles. The molecular formula is C8H6ClNO4. The summed E-state index contributed by atoms with van der Waals surface area (Å²) in [5, 5.41) is 0.779. The number of aromatic nitrogens is 1. The van der Waals surface area contributed by atoms with Crippen LogP contribution in [0, 0.1) is 10.2 Å². The Morgan fingerprint density at radius 1 is 1.14 bits per heavy atom. The van der Waals surface area contributed by atoms with E-state index in [9.17, 15) is 14.0 Å². The van der Waals surface area contributed by atoms with Crippen molar-refractivity contribution in [2.24, 2.45) is 0 Å². The second kappa shape index (κ2) is 3.14. The van der Waals surface area contributed by atoms with Crippen LogP contribution < -0.4 is 18.3 Å².